The molecule has 0 aliphatic rings. The summed E-state index contributed by atoms with van der Waals surface area (Å²) in [5, 5.41) is 0. The van der Waals surface area contributed by atoms with Crippen LogP contribution in [0.4, 0.5) is 13.2 Å². The molecule has 0 saturated heterocycles. The Kier molecular flexibility index (Phi) is 4.54. The standard InChI is InChI=1S/C13H14F3N3O/c1-3-4-8-5-7(2)9(11(20)19-12(17)18)6-10(8)13(14,15)16/h3-6H,1-2H3,(H4,17,18,19,20). The van der Waals surface area contributed by atoms with Crippen LogP contribution in [-0.2, 0) is 6.18 Å². The average molecular weight is 285 g/mol. The molecule has 0 aromatic heterocycles. The zero-order valence-electron chi connectivity index (χ0n) is 11.0. The van der Waals surface area contributed by atoms with Gasteiger partial charge in [0.05, 0.1) is 5.56 Å². The van der Waals surface area contributed by atoms with Gasteiger partial charge in [0.2, 0.25) is 0 Å². The van der Waals surface area contributed by atoms with Crippen LogP contribution in [0, 0.1) is 6.92 Å². The maximum atomic E-state index is 13.0. The summed E-state index contributed by atoms with van der Waals surface area (Å²) in [5.74, 6) is -1.40. The lowest BCUT2D eigenvalue weighted by atomic mass is 9.98. The number of nitrogens with two attached hydrogens (primary N) is 2. The van der Waals surface area contributed by atoms with E-state index in [2.05, 4.69) is 4.99 Å². The zero-order chi connectivity index (χ0) is 15.5. The Morgan fingerprint density at radius 3 is 2.35 bits per heavy atom. The fraction of sp³-hybridized carbons (Fsp3) is 0.231. The first-order valence-corrected chi connectivity index (χ1v) is 5.65. The van der Waals surface area contributed by atoms with Crippen molar-refractivity contribution in [3.8, 4) is 0 Å². The number of carbonyl (C=O) groups excluding carboxylic acids is 1. The van der Waals surface area contributed by atoms with Gasteiger partial charge in [-0.05, 0) is 31.0 Å². The van der Waals surface area contributed by atoms with Gasteiger partial charge in [-0.25, -0.2) is 0 Å². The first-order chi connectivity index (χ1) is 9.16. The van der Waals surface area contributed by atoms with Gasteiger partial charge < -0.3 is 11.5 Å². The summed E-state index contributed by atoms with van der Waals surface area (Å²) >= 11 is 0. The largest absolute Gasteiger partial charge is 0.417 e. The number of halogens is 3. The molecule has 0 aliphatic carbocycles. The van der Waals surface area contributed by atoms with E-state index in [0.717, 1.165) is 6.07 Å². The Morgan fingerprint density at radius 1 is 1.30 bits per heavy atom. The minimum Gasteiger partial charge on any atom is -0.370 e. The number of allylic oxidation sites excluding steroid dienone is 1. The number of aliphatic imine (C=N–C) groups is 1. The van der Waals surface area contributed by atoms with Gasteiger partial charge in [-0.15, -0.1) is 0 Å². The van der Waals surface area contributed by atoms with Gasteiger partial charge >= 0.3 is 6.18 Å². The van der Waals surface area contributed by atoms with E-state index < -0.39 is 23.6 Å². The second-order valence-corrected chi connectivity index (χ2v) is 4.09. The molecule has 0 aliphatic heterocycles. The number of carbonyl (C=O) groups is 1. The average Bonchev–Trinajstić information content (AvgIpc) is 2.26. The third-order valence-electron chi connectivity index (χ3n) is 2.51. The van der Waals surface area contributed by atoms with Crippen LogP contribution in [0.5, 0.6) is 0 Å². The second-order valence-electron chi connectivity index (χ2n) is 4.09. The zero-order valence-corrected chi connectivity index (χ0v) is 11.0. The van der Waals surface area contributed by atoms with E-state index in [4.69, 9.17) is 11.5 Å². The number of amides is 1. The summed E-state index contributed by atoms with van der Waals surface area (Å²) in [6.45, 7) is 3.12. The van der Waals surface area contributed by atoms with E-state index >= 15 is 0 Å². The van der Waals surface area contributed by atoms with E-state index in [0.29, 0.717) is 5.56 Å². The van der Waals surface area contributed by atoms with Crippen LogP contribution in [0.15, 0.2) is 23.2 Å². The van der Waals surface area contributed by atoms with Gasteiger partial charge in [0.1, 0.15) is 0 Å². The summed E-state index contributed by atoms with van der Waals surface area (Å²) in [6.07, 6.45) is -1.76. The number of benzene rings is 1. The van der Waals surface area contributed by atoms with Crippen LogP contribution in [0.1, 0.15) is 34.0 Å². The molecule has 20 heavy (non-hydrogen) atoms. The normalized spacial score (nSPS) is 11.7. The number of alkyl halides is 3. The predicted octanol–water partition coefficient (Wildman–Crippen LogP) is 2.46. The highest BCUT2D eigenvalue weighted by Gasteiger charge is 2.34. The molecule has 0 fully saturated rings. The van der Waals surface area contributed by atoms with E-state index in [9.17, 15) is 18.0 Å². The fourth-order valence-corrected chi connectivity index (χ4v) is 1.70. The van der Waals surface area contributed by atoms with Crippen molar-refractivity contribution >= 4 is 17.9 Å². The van der Waals surface area contributed by atoms with Crippen molar-refractivity contribution in [2.24, 2.45) is 16.5 Å². The SMILES string of the molecule is CC=Cc1cc(C)c(C(=O)N=C(N)N)cc1C(F)(F)F. The van der Waals surface area contributed by atoms with Gasteiger partial charge in [0, 0.05) is 5.56 Å². The van der Waals surface area contributed by atoms with Crippen molar-refractivity contribution in [1.29, 1.82) is 0 Å². The summed E-state index contributed by atoms with van der Waals surface area (Å²) < 4.78 is 38.9. The van der Waals surface area contributed by atoms with Gasteiger partial charge in [0.15, 0.2) is 5.96 Å². The van der Waals surface area contributed by atoms with E-state index in [1.807, 2.05) is 0 Å². The number of hydrogen-bond donors (Lipinski definition) is 2. The van der Waals surface area contributed by atoms with Crippen LogP contribution >= 0.6 is 0 Å². The van der Waals surface area contributed by atoms with Crippen LogP contribution in [0.25, 0.3) is 6.08 Å². The summed E-state index contributed by atoms with van der Waals surface area (Å²) in [4.78, 5) is 14.9. The minimum atomic E-state index is -4.57. The lowest BCUT2D eigenvalue weighted by Crippen LogP contribution is -2.24. The molecule has 0 unspecified atom stereocenters. The van der Waals surface area contributed by atoms with Crippen molar-refractivity contribution < 1.29 is 18.0 Å². The molecule has 0 heterocycles. The third kappa shape index (κ3) is 3.59. The van der Waals surface area contributed by atoms with Crippen molar-refractivity contribution in [3.05, 3.63) is 40.5 Å². The van der Waals surface area contributed by atoms with Gasteiger partial charge in [-0.3, -0.25) is 4.79 Å². The monoisotopic (exact) mass is 285 g/mol. The molecule has 0 saturated carbocycles. The molecule has 7 heteroatoms. The summed E-state index contributed by atoms with van der Waals surface area (Å²) in [6, 6.07) is 2.04. The molecule has 108 valence electrons. The van der Waals surface area contributed by atoms with Gasteiger partial charge in [0.25, 0.3) is 5.91 Å². The lowest BCUT2D eigenvalue weighted by Gasteiger charge is -2.13. The predicted molar refractivity (Wildman–Crippen MR) is 71.0 cm³/mol. The van der Waals surface area contributed by atoms with Gasteiger partial charge in [-0.2, -0.15) is 18.2 Å². The Bertz CT molecular complexity index is 585. The van der Waals surface area contributed by atoms with Crippen molar-refractivity contribution in [2.45, 2.75) is 20.0 Å². The number of rotatable bonds is 2. The summed E-state index contributed by atoms with van der Waals surface area (Å²) in [7, 11) is 0. The quantitative estimate of drug-likeness (QED) is 0.647. The smallest absolute Gasteiger partial charge is 0.370 e. The Labute approximate surface area is 114 Å². The maximum absolute atomic E-state index is 13.0. The first kappa shape index (κ1) is 15.7. The van der Waals surface area contributed by atoms with Crippen molar-refractivity contribution in [1.82, 2.24) is 0 Å². The molecular weight excluding hydrogens is 271 g/mol. The molecule has 1 rings (SSSR count). The van der Waals surface area contributed by atoms with Crippen LogP contribution in [0.2, 0.25) is 0 Å². The van der Waals surface area contributed by atoms with Crippen molar-refractivity contribution in [2.75, 3.05) is 0 Å². The molecule has 1 aromatic carbocycles. The Hall–Kier alpha value is -2.31. The number of hydrogen-bond acceptors (Lipinski definition) is 1. The van der Waals surface area contributed by atoms with Crippen LogP contribution in [0.3, 0.4) is 0 Å². The van der Waals surface area contributed by atoms with E-state index in [1.165, 1.54) is 25.1 Å². The highest BCUT2D eigenvalue weighted by atomic mass is 19.4. The first-order valence-electron chi connectivity index (χ1n) is 5.65. The molecule has 1 amide bonds. The number of aryl methyl sites for hydroxylation is 1. The number of nitrogens with zero attached hydrogens (tertiary/aromatic N) is 1. The molecule has 0 bridgehead atoms. The molecule has 0 spiro atoms. The fourth-order valence-electron chi connectivity index (χ4n) is 1.70. The van der Waals surface area contributed by atoms with E-state index in [-0.39, 0.29) is 11.1 Å². The lowest BCUT2D eigenvalue weighted by molar-refractivity contribution is -0.137. The third-order valence-corrected chi connectivity index (χ3v) is 2.51. The van der Waals surface area contributed by atoms with Crippen molar-refractivity contribution in [3.63, 3.8) is 0 Å². The number of guanidine groups is 1. The summed E-state index contributed by atoms with van der Waals surface area (Å²) in [5.41, 5.74) is 9.37. The van der Waals surface area contributed by atoms with Gasteiger partial charge in [-0.1, -0.05) is 18.2 Å². The molecule has 0 radical (unpaired) electrons. The highest BCUT2D eigenvalue weighted by Crippen LogP contribution is 2.34. The van der Waals surface area contributed by atoms with Crippen LogP contribution < -0.4 is 11.5 Å². The Balaban J connectivity index is 3.51. The van der Waals surface area contributed by atoms with E-state index in [1.54, 1.807) is 6.92 Å². The molecule has 4 nitrogen and oxygen atoms in total. The molecular formula is C13H14F3N3O. The Morgan fingerprint density at radius 2 is 1.90 bits per heavy atom. The molecule has 0 atom stereocenters. The second kappa shape index (κ2) is 5.77. The topological polar surface area (TPSA) is 81.5 Å². The molecule has 4 N–H and O–H groups in total. The maximum Gasteiger partial charge on any atom is 0.417 e. The minimum absolute atomic E-state index is 0.0150. The molecule has 1 aromatic rings. The highest BCUT2D eigenvalue weighted by molar-refractivity contribution is 6.03. The van der Waals surface area contributed by atoms with Crippen LogP contribution in [-0.4, -0.2) is 11.9 Å².